The van der Waals surface area contributed by atoms with Crippen LogP contribution in [0.4, 0.5) is 5.69 Å². The molecule has 1 amide bonds. The summed E-state index contributed by atoms with van der Waals surface area (Å²) in [5.41, 5.74) is 0.610. The van der Waals surface area contributed by atoms with Crippen LogP contribution in [0.15, 0.2) is 47.6 Å². The molecule has 1 N–H and O–H groups in total. The van der Waals surface area contributed by atoms with Crippen molar-refractivity contribution in [3.05, 3.63) is 58.9 Å². The maximum Gasteiger partial charge on any atom is 0.339 e. The number of benzene rings is 2. The molecule has 9 nitrogen and oxygen atoms in total. The summed E-state index contributed by atoms with van der Waals surface area (Å²) in [7, 11) is 4.68. The van der Waals surface area contributed by atoms with Gasteiger partial charge in [0.1, 0.15) is 11.5 Å². The summed E-state index contributed by atoms with van der Waals surface area (Å²) in [6, 6.07) is 11.9. The van der Waals surface area contributed by atoms with E-state index in [0.717, 1.165) is 5.75 Å². The van der Waals surface area contributed by atoms with Crippen molar-refractivity contribution >= 4 is 40.9 Å². The van der Waals surface area contributed by atoms with Gasteiger partial charge in [-0.05, 0) is 49.4 Å². The van der Waals surface area contributed by atoms with Crippen molar-refractivity contribution in [2.75, 3.05) is 25.3 Å². The lowest BCUT2D eigenvalue weighted by Crippen LogP contribution is -2.15. The molecule has 0 fully saturated rings. The van der Waals surface area contributed by atoms with Crippen LogP contribution in [0.5, 0.6) is 11.5 Å². The summed E-state index contributed by atoms with van der Waals surface area (Å²) >= 11 is 7.24. The monoisotopic (exact) mass is 490 g/mol. The Balaban J connectivity index is 1.58. The summed E-state index contributed by atoms with van der Waals surface area (Å²) in [6.45, 7) is 1.87. The Labute approximate surface area is 200 Å². The quantitative estimate of drug-likeness (QED) is 0.352. The number of esters is 1. The van der Waals surface area contributed by atoms with Gasteiger partial charge in [-0.15, -0.1) is 10.2 Å². The third-order valence-electron chi connectivity index (χ3n) is 4.59. The number of rotatable bonds is 9. The minimum absolute atomic E-state index is 0.0931. The number of ether oxygens (including phenoxy) is 3. The molecule has 11 heteroatoms. The number of amides is 1. The van der Waals surface area contributed by atoms with Gasteiger partial charge in [-0.2, -0.15) is 0 Å². The van der Waals surface area contributed by atoms with Gasteiger partial charge in [-0.1, -0.05) is 23.4 Å². The number of thioether (sulfide) groups is 1. The number of hydrogen-bond donors (Lipinski definition) is 1. The summed E-state index contributed by atoms with van der Waals surface area (Å²) in [6.07, 6.45) is -0.357. The first-order chi connectivity index (χ1) is 15.8. The Kier molecular flexibility index (Phi) is 8.18. The van der Waals surface area contributed by atoms with Crippen LogP contribution < -0.4 is 14.8 Å². The Bertz CT molecular complexity index is 1140. The van der Waals surface area contributed by atoms with Gasteiger partial charge in [0.05, 0.1) is 30.6 Å². The highest BCUT2D eigenvalue weighted by atomic mass is 35.5. The number of nitrogens with one attached hydrogen (secondary N) is 1. The van der Waals surface area contributed by atoms with Crippen LogP contribution in [0.1, 0.15) is 29.2 Å². The number of carbonyl (C=O) groups excluding carboxylic acids is 2. The molecule has 0 aliphatic rings. The Morgan fingerprint density at radius 2 is 1.82 bits per heavy atom. The number of methoxy groups -OCH3 is 2. The average Bonchev–Trinajstić information content (AvgIpc) is 3.19. The summed E-state index contributed by atoms with van der Waals surface area (Å²) in [5, 5.41) is 11.9. The van der Waals surface area contributed by atoms with E-state index in [1.54, 1.807) is 17.7 Å². The molecule has 33 heavy (non-hydrogen) atoms. The van der Waals surface area contributed by atoms with E-state index in [2.05, 4.69) is 15.5 Å². The minimum Gasteiger partial charge on any atom is -0.497 e. The summed E-state index contributed by atoms with van der Waals surface area (Å²) in [5.74, 6) is 1.28. The molecule has 3 aromatic rings. The lowest BCUT2D eigenvalue weighted by atomic mass is 10.2. The van der Waals surface area contributed by atoms with Crippen LogP contribution in [0.25, 0.3) is 0 Å². The molecule has 0 bridgehead atoms. The zero-order valence-electron chi connectivity index (χ0n) is 18.5. The van der Waals surface area contributed by atoms with E-state index in [1.807, 2.05) is 38.2 Å². The van der Waals surface area contributed by atoms with Crippen LogP contribution in [-0.4, -0.2) is 46.6 Å². The van der Waals surface area contributed by atoms with Gasteiger partial charge in [0.15, 0.2) is 17.1 Å². The van der Waals surface area contributed by atoms with E-state index in [4.69, 9.17) is 25.8 Å². The third-order valence-corrected chi connectivity index (χ3v) is 5.94. The zero-order valence-corrected chi connectivity index (χ0v) is 20.1. The number of carbonyl (C=O) groups is 2. The minimum atomic E-state index is -0.580. The van der Waals surface area contributed by atoms with Crippen LogP contribution in [0.3, 0.4) is 0 Å². The summed E-state index contributed by atoms with van der Waals surface area (Å²) in [4.78, 5) is 24.2. The average molecular weight is 491 g/mol. The number of halogens is 1. The van der Waals surface area contributed by atoms with E-state index in [1.165, 1.54) is 31.0 Å². The maximum absolute atomic E-state index is 12.4. The number of nitrogens with zero attached hydrogens (tertiary/aromatic N) is 3. The predicted molar refractivity (Wildman–Crippen MR) is 125 cm³/mol. The molecule has 2 aromatic carbocycles. The Hall–Kier alpha value is -3.24. The predicted octanol–water partition coefficient (Wildman–Crippen LogP) is 4.13. The van der Waals surface area contributed by atoms with Gasteiger partial charge < -0.3 is 24.1 Å². The molecule has 0 aliphatic carbocycles. The van der Waals surface area contributed by atoms with Crippen molar-refractivity contribution in [1.29, 1.82) is 0 Å². The number of aromatic nitrogens is 3. The molecule has 3 rings (SSSR count). The molecule has 0 saturated carbocycles. The van der Waals surface area contributed by atoms with Crippen molar-refractivity contribution in [3.63, 3.8) is 0 Å². The zero-order chi connectivity index (χ0) is 24.0. The van der Waals surface area contributed by atoms with Crippen LogP contribution in [0.2, 0.25) is 5.02 Å². The van der Waals surface area contributed by atoms with Gasteiger partial charge in [0.2, 0.25) is 5.91 Å². The molecule has 1 unspecified atom stereocenters. The molecule has 1 atom stereocenters. The molecular formula is C22H23ClN4O5S. The normalized spacial score (nSPS) is 11.5. The van der Waals surface area contributed by atoms with E-state index in [9.17, 15) is 9.59 Å². The smallest absolute Gasteiger partial charge is 0.339 e. The highest BCUT2D eigenvalue weighted by Crippen LogP contribution is 2.26. The second-order valence-corrected chi connectivity index (χ2v) is 8.21. The molecule has 1 aromatic heterocycles. The van der Waals surface area contributed by atoms with Crippen molar-refractivity contribution in [3.8, 4) is 11.5 Å². The standard InChI is InChI=1S/C22H23ClN4O5S/c1-13(32-16-8-6-15(30-3)7-9-16)20-25-26-22(27(20)2)33-12-19(28)24-14-5-10-18(23)17(11-14)21(29)31-4/h5-11,13H,12H2,1-4H3,(H,24,28). The second kappa shape index (κ2) is 11.1. The first-order valence-corrected chi connectivity index (χ1v) is 11.2. The Morgan fingerprint density at radius 1 is 1.12 bits per heavy atom. The fourth-order valence-electron chi connectivity index (χ4n) is 2.91. The fraction of sp³-hybridized carbons (Fsp3) is 0.273. The SMILES string of the molecule is COC(=O)c1cc(NC(=O)CSc2nnc(C(C)Oc3ccc(OC)cc3)n2C)ccc1Cl. The second-order valence-electron chi connectivity index (χ2n) is 6.86. The van der Waals surface area contributed by atoms with Crippen molar-refractivity contribution in [2.45, 2.75) is 18.2 Å². The molecule has 1 heterocycles. The lowest BCUT2D eigenvalue weighted by Gasteiger charge is -2.14. The molecule has 0 spiro atoms. The van der Waals surface area contributed by atoms with Gasteiger partial charge in [0, 0.05) is 12.7 Å². The van der Waals surface area contributed by atoms with E-state index < -0.39 is 5.97 Å². The van der Waals surface area contributed by atoms with Gasteiger partial charge in [-0.3, -0.25) is 4.79 Å². The number of anilines is 1. The van der Waals surface area contributed by atoms with E-state index in [0.29, 0.717) is 22.4 Å². The summed E-state index contributed by atoms with van der Waals surface area (Å²) < 4.78 is 17.6. The van der Waals surface area contributed by atoms with Crippen molar-refractivity contribution in [2.24, 2.45) is 7.05 Å². The third kappa shape index (κ3) is 6.17. The molecule has 0 radical (unpaired) electrons. The van der Waals surface area contributed by atoms with Crippen molar-refractivity contribution < 1.29 is 23.8 Å². The van der Waals surface area contributed by atoms with E-state index >= 15 is 0 Å². The van der Waals surface area contributed by atoms with Crippen LogP contribution in [-0.2, 0) is 16.6 Å². The number of hydrogen-bond acceptors (Lipinski definition) is 8. The highest BCUT2D eigenvalue weighted by molar-refractivity contribution is 7.99. The molecular weight excluding hydrogens is 468 g/mol. The van der Waals surface area contributed by atoms with Crippen LogP contribution in [0, 0.1) is 0 Å². The molecule has 0 saturated heterocycles. The van der Waals surface area contributed by atoms with Gasteiger partial charge in [-0.25, -0.2) is 4.79 Å². The van der Waals surface area contributed by atoms with Gasteiger partial charge in [0.25, 0.3) is 0 Å². The van der Waals surface area contributed by atoms with Gasteiger partial charge >= 0.3 is 5.97 Å². The highest BCUT2D eigenvalue weighted by Gasteiger charge is 2.18. The van der Waals surface area contributed by atoms with E-state index in [-0.39, 0.29) is 28.4 Å². The first-order valence-electron chi connectivity index (χ1n) is 9.83. The maximum atomic E-state index is 12.4. The van der Waals surface area contributed by atoms with Crippen molar-refractivity contribution in [1.82, 2.24) is 14.8 Å². The fourth-order valence-corrected chi connectivity index (χ4v) is 3.83. The van der Waals surface area contributed by atoms with Crippen LogP contribution >= 0.6 is 23.4 Å². The largest absolute Gasteiger partial charge is 0.497 e. The lowest BCUT2D eigenvalue weighted by molar-refractivity contribution is -0.113. The molecule has 174 valence electrons. The Morgan fingerprint density at radius 3 is 2.48 bits per heavy atom. The molecule has 0 aliphatic heterocycles. The topological polar surface area (TPSA) is 105 Å². The first kappa shape index (κ1) is 24.4.